The van der Waals surface area contributed by atoms with Crippen LogP contribution in [-0.2, 0) is 9.59 Å². The van der Waals surface area contributed by atoms with Gasteiger partial charge in [-0.1, -0.05) is 12.8 Å². The van der Waals surface area contributed by atoms with E-state index < -0.39 is 0 Å². The van der Waals surface area contributed by atoms with Crippen LogP contribution in [0.1, 0.15) is 38.5 Å². The van der Waals surface area contributed by atoms with Gasteiger partial charge in [0, 0.05) is 51.1 Å². The van der Waals surface area contributed by atoms with Gasteiger partial charge < -0.3 is 10.2 Å². The van der Waals surface area contributed by atoms with E-state index in [0.717, 1.165) is 65.0 Å². The van der Waals surface area contributed by atoms with Gasteiger partial charge in [0.25, 0.3) is 0 Å². The average Bonchev–Trinajstić information content (AvgIpc) is 2.35. The number of carbonyl (C=O) groups excluding carboxylic acids is 2. The van der Waals surface area contributed by atoms with E-state index in [4.69, 9.17) is 0 Å². The minimum absolute atomic E-state index is 0.236. The van der Waals surface area contributed by atoms with E-state index in [1.807, 2.05) is 4.90 Å². The fraction of sp³-hybridized carbons (Fsp3) is 0.875. The lowest BCUT2D eigenvalue weighted by Gasteiger charge is -2.38. The van der Waals surface area contributed by atoms with Crippen molar-refractivity contribution in [1.29, 1.82) is 0 Å². The predicted octanol–water partition coefficient (Wildman–Crippen LogP) is 0.847. The Morgan fingerprint density at radius 3 is 2.05 bits per heavy atom. The van der Waals surface area contributed by atoms with Crippen LogP contribution in [0.3, 0.4) is 0 Å². The highest BCUT2D eigenvalue weighted by atomic mass is 16.2. The lowest BCUT2D eigenvalue weighted by atomic mass is 9.84. The molecule has 0 unspecified atom stereocenters. The van der Waals surface area contributed by atoms with E-state index in [2.05, 4.69) is 10.2 Å². The molecule has 3 fully saturated rings. The van der Waals surface area contributed by atoms with Crippen molar-refractivity contribution >= 4 is 11.8 Å². The molecule has 2 amide bonds. The van der Waals surface area contributed by atoms with Crippen molar-refractivity contribution in [1.82, 2.24) is 15.1 Å². The lowest BCUT2D eigenvalue weighted by molar-refractivity contribution is -0.139. The maximum atomic E-state index is 12.2. The number of nitrogens with zero attached hydrogens (tertiary/aromatic N) is 2. The zero-order chi connectivity index (χ0) is 14.7. The topological polar surface area (TPSA) is 52.7 Å². The van der Waals surface area contributed by atoms with Crippen LogP contribution in [0.5, 0.6) is 0 Å². The van der Waals surface area contributed by atoms with Crippen molar-refractivity contribution in [3.63, 3.8) is 0 Å². The summed E-state index contributed by atoms with van der Waals surface area (Å²) < 4.78 is 0. The van der Waals surface area contributed by atoms with Gasteiger partial charge in [-0.15, -0.1) is 0 Å². The first kappa shape index (κ1) is 14.8. The van der Waals surface area contributed by atoms with Crippen LogP contribution in [0, 0.1) is 11.8 Å². The lowest BCUT2D eigenvalue weighted by Crippen LogP contribution is -2.52. The van der Waals surface area contributed by atoms with Crippen LogP contribution in [0.4, 0.5) is 0 Å². The van der Waals surface area contributed by atoms with Gasteiger partial charge in [0.15, 0.2) is 0 Å². The molecule has 5 nitrogen and oxygen atoms in total. The molecule has 0 radical (unpaired) electrons. The Kier molecular flexibility index (Phi) is 4.78. The van der Waals surface area contributed by atoms with Gasteiger partial charge >= 0.3 is 0 Å². The van der Waals surface area contributed by atoms with Gasteiger partial charge in [-0.25, -0.2) is 0 Å². The number of carbonyl (C=O) groups is 2. The number of rotatable bonds is 5. The Bertz CT molecular complexity index is 380. The number of nitrogens with one attached hydrogen (secondary N) is 1. The Morgan fingerprint density at radius 2 is 1.52 bits per heavy atom. The van der Waals surface area contributed by atoms with Crippen molar-refractivity contribution in [2.75, 3.05) is 39.3 Å². The molecule has 3 aliphatic rings. The van der Waals surface area contributed by atoms with E-state index in [1.165, 1.54) is 12.8 Å². The molecule has 3 rings (SSSR count). The second-order valence-corrected chi connectivity index (χ2v) is 6.71. The maximum absolute atomic E-state index is 12.2. The molecule has 0 aromatic heterocycles. The third-order valence-electron chi connectivity index (χ3n) is 5.34. The van der Waals surface area contributed by atoms with E-state index in [-0.39, 0.29) is 11.8 Å². The minimum Gasteiger partial charge on any atom is -0.355 e. The Balaban J connectivity index is 1.30. The summed E-state index contributed by atoms with van der Waals surface area (Å²) in [6.45, 7) is 5.24. The van der Waals surface area contributed by atoms with Gasteiger partial charge in [-0.05, 0) is 25.7 Å². The van der Waals surface area contributed by atoms with Crippen LogP contribution in [0.2, 0.25) is 0 Å². The standard InChI is InChI=1S/C16H27N3O2/c20-15(13-3-1-4-13)17-7-8-18-9-11-19(12-10-18)16(21)14-5-2-6-14/h13-14H,1-12H2,(H,17,20). The second-order valence-electron chi connectivity index (χ2n) is 6.71. The molecule has 0 atom stereocenters. The summed E-state index contributed by atoms with van der Waals surface area (Å²) >= 11 is 0. The number of hydrogen-bond acceptors (Lipinski definition) is 3. The first-order chi connectivity index (χ1) is 10.2. The SMILES string of the molecule is O=C(NCCN1CCN(C(=O)C2CCC2)CC1)C1CCC1. The van der Waals surface area contributed by atoms with Gasteiger partial charge in [0.05, 0.1) is 0 Å². The summed E-state index contributed by atoms with van der Waals surface area (Å²) in [5.74, 6) is 1.21. The molecule has 118 valence electrons. The molecule has 1 heterocycles. The molecule has 0 spiro atoms. The van der Waals surface area contributed by atoms with Crippen LogP contribution < -0.4 is 5.32 Å². The molecule has 5 heteroatoms. The molecule has 1 aliphatic heterocycles. The summed E-state index contributed by atoms with van der Waals surface area (Å²) in [6.07, 6.45) is 6.73. The predicted molar refractivity (Wildman–Crippen MR) is 80.7 cm³/mol. The van der Waals surface area contributed by atoms with Crippen LogP contribution >= 0.6 is 0 Å². The highest BCUT2D eigenvalue weighted by Crippen LogP contribution is 2.28. The fourth-order valence-corrected chi connectivity index (χ4v) is 3.26. The van der Waals surface area contributed by atoms with Crippen LogP contribution in [0.15, 0.2) is 0 Å². The number of hydrogen-bond donors (Lipinski definition) is 1. The van der Waals surface area contributed by atoms with E-state index in [9.17, 15) is 9.59 Å². The molecule has 1 saturated heterocycles. The minimum atomic E-state index is 0.236. The summed E-state index contributed by atoms with van der Waals surface area (Å²) in [6, 6.07) is 0. The molecule has 1 N–H and O–H groups in total. The molecule has 2 saturated carbocycles. The summed E-state index contributed by atoms with van der Waals surface area (Å²) in [5.41, 5.74) is 0. The van der Waals surface area contributed by atoms with E-state index in [1.54, 1.807) is 0 Å². The molecule has 21 heavy (non-hydrogen) atoms. The van der Waals surface area contributed by atoms with E-state index in [0.29, 0.717) is 11.8 Å². The average molecular weight is 293 g/mol. The largest absolute Gasteiger partial charge is 0.355 e. The first-order valence-electron chi connectivity index (χ1n) is 8.53. The highest BCUT2D eigenvalue weighted by molar-refractivity contribution is 5.80. The molecular weight excluding hydrogens is 266 g/mol. The Labute approximate surface area is 127 Å². The first-order valence-corrected chi connectivity index (χ1v) is 8.53. The second kappa shape index (κ2) is 6.77. The fourth-order valence-electron chi connectivity index (χ4n) is 3.26. The number of amides is 2. The van der Waals surface area contributed by atoms with Gasteiger partial charge in [0.1, 0.15) is 0 Å². The van der Waals surface area contributed by atoms with Crippen LogP contribution in [-0.4, -0.2) is 60.9 Å². The highest BCUT2D eigenvalue weighted by Gasteiger charge is 2.31. The third-order valence-corrected chi connectivity index (χ3v) is 5.34. The maximum Gasteiger partial charge on any atom is 0.225 e. The third kappa shape index (κ3) is 3.57. The summed E-state index contributed by atoms with van der Waals surface area (Å²) in [5, 5.41) is 3.04. The van der Waals surface area contributed by atoms with Crippen molar-refractivity contribution in [3.05, 3.63) is 0 Å². The Morgan fingerprint density at radius 1 is 0.905 bits per heavy atom. The molecule has 0 bridgehead atoms. The molecular formula is C16H27N3O2. The van der Waals surface area contributed by atoms with Crippen LogP contribution in [0.25, 0.3) is 0 Å². The number of piperazine rings is 1. The molecule has 0 aromatic carbocycles. The van der Waals surface area contributed by atoms with E-state index >= 15 is 0 Å². The Hall–Kier alpha value is -1.10. The zero-order valence-electron chi connectivity index (χ0n) is 12.9. The van der Waals surface area contributed by atoms with Gasteiger partial charge in [-0.2, -0.15) is 0 Å². The molecule has 2 aliphatic carbocycles. The van der Waals surface area contributed by atoms with Crippen molar-refractivity contribution < 1.29 is 9.59 Å². The summed E-state index contributed by atoms with van der Waals surface area (Å²) in [7, 11) is 0. The quantitative estimate of drug-likeness (QED) is 0.817. The smallest absolute Gasteiger partial charge is 0.225 e. The van der Waals surface area contributed by atoms with Gasteiger partial charge in [-0.3, -0.25) is 14.5 Å². The van der Waals surface area contributed by atoms with Crippen molar-refractivity contribution in [2.24, 2.45) is 11.8 Å². The molecule has 0 aromatic rings. The summed E-state index contributed by atoms with van der Waals surface area (Å²) in [4.78, 5) is 28.3. The normalized spacial score (nSPS) is 24.3. The zero-order valence-corrected chi connectivity index (χ0v) is 12.9. The van der Waals surface area contributed by atoms with Crippen molar-refractivity contribution in [2.45, 2.75) is 38.5 Å². The monoisotopic (exact) mass is 293 g/mol. The van der Waals surface area contributed by atoms with Crippen molar-refractivity contribution in [3.8, 4) is 0 Å². The van der Waals surface area contributed by atoms with Gasteiger partial charge in [0.2, 0.25) is 11.8 Å².